The molecule has 170 valence electrons. The van der Waals surface area contributed by atoms with Gasteiger partial charge in [-0.1, -0.05) is 42.1 Å². The van der Waals surface area contributed by atoms with Gasteiger partial charge in [0.25, 0.3) is 5.56 Å². The average molecular weight is 462 g/mol. The van der Waals surface area contributed by atoms with E-state index in [0.717, 1.165) is 22.1 Å². The summed E-state index contributed by atoms with van der Waals surface area (Å²) in [6, 6.07) is 15.7. The maximum absolute atomic E-state index is 13.0. The van der Waals surface area contributed by atoms with Crippen LogP contribution in [0, 0.1) is 20.8 Å². The number of carbonyl (C=O) groups excluding carboxylic acids is 1. The van der Waals surface area contributed by atoms with Crippen LogP contribution in [-0.2, 0) is 11.8 Å². The van der Waals surface area contributed by atoms with Gasteiger partial charge < -0.3 is 5.32 Å². The highest BCUT2D eigenvalue weighted by molar-refractivity contribution is 7.99. The van der Waals surface area contributed by atoms with Crippen molar-refractivity contribution in [1.29, 1.82) is 0 Å². The SMILES string of the molecule is Cc1ccc(C)c(-n2ccnc2SCCC(=O)Nc2c(C)n(C)n(-c3ccccc3)c2=O)c1. The van der Waals surface area contributed by atoms with Crippen molar-refractivity contribution in [3.8, 4) is 11.4 Å². The predicted octanol–water partition coefficient (Wildman–Crippen LogP) is 4.41. The molecule has 0 aliphatic carbocycles. The molecule has 0 spiro atoms. The van der Waals surface area contributed by atoms with Crippen LogP contribution in [-0.4, -0.2) is 30.6 Å². The second-order valence-electron chi connectivity index (χ2n) is 7.95. The molecule has 0 saturated heterocycles. The number of carbonyl (C=O) groups is 1. The predicted molar refractivity (Wildman–Crippen MR) is 133 cm³/mol. The zero-order valence-corrected chi connectivity index (χ0v) is 20.0. The smallest absolute Gasteiger partial charge is 0.295 e. The second-order valence-corrected chi connectivity index (χ2v) is 9.01. The van der Waals surface area contributed by atoms with E-state index in [1.807, 2.05) is 55.1 Å². The van der Waals surface area contributed by atoms with E-state index in [2.05, 4.69) is 42.3 Å². The van der Waals surface area contributed by atoms with Crippen molar-refractivity contribution in [1.82, 2.24) is 18.9 Å². The van der Waals surface area contributed by atoms with Crippen molar-refractivity contribution >= 4 is 23.4 Å². The minimum Gasteiger partial charge on any atom is -0.320 e. The van der Waals surface area contributed by atoms with Gasteiger partial charge in [0.05, 0.1) is 17.1 Å². The Morgan fingerprint density at radius 2 is 1.85 bits per heavy atom. The zero-order chi connectivity index (χ0) is 23.5. The molecule has 1 amide bonds. The topological polar surface area (TPSA) is 73.8 Å². The molecule has 7 nitrogen and oxygen atoms in total. The molecular formula is C25H27N5O2S. The fourth-order valence-electron chi connectivity index (χ4n) is 3.71. The van der Waals surface area contributed by atoms with E-state index in [0.29, 0.717) is 17.1 Å². The molecule has 2 aromatic carbocycles. The highest BCUT2D eigenvalue weighted by atomic mass is 32.2. The molecule has 33 heavy (non-hydrogen) atoms. The first-order chi connectivity index (χ1) is 15.9. The first-order valence-corrected chi connectivity index (χ1v) is 11.7. The maximum atomic E-state index is 13.0. The molecule has 4 rings (SSSR count). The highest BCUT2D eigenvalue weighted by Crippen LogP contribution is 2.24. The Hall–Kier alpha value is -3.52. The van der Waals surface area contributed by atoms with E-state index in [1.54, 1.807) is 15.6 Å². The Kier molecular flexibility index (Phi) is 6.55. The van der Waals surface area contributed by atoms with Crippen LogP contribution < -0.4 is 10.9 Å². The van der Waals surface area contributed by atoms with Crippen molar-refractivity contribution < 1.29 is 4.79 Å². The molecule has 2 heterocycles. The molecule has 8 heteroatoms. The van der Waals surface area contributed by atoms with Gasteiger partial charge in [-0.3, -0.25) is 18.8 Å². The number of thioether (sulfide) groups is 1. The molecule has 1 N–H and O–H groups in total. The molecule has 0 fully saturated rings. The first kappa shape index (κ1) is 22.7. The number of imidazole rings is 1. The molecular weight excluding hydrogens is 434 g/mol. The molecule has 0 saturated carbocycles. The minimum absolute atomic E-state index is 0.196. The Morgan fingerprint density at radius 3 is 2.61 bits per heavy atom. The van der Waals surface area contributed by atoms with Gasteiger partial charge in [0.2, 0.25) is 5.91 Å². The lowest BCUT2D eigenvalue weighted by Crippen LogP contribution is -2.23. The Bertz CT molecular complexity index is 1350. The summed E-state index contributed by atoms with van der Waals surface area (Å²) >= 11 is 1.52. The van der Waals surface area contributed by atoms with Crippen LogP contribution in [0.4, 0.5) is 5.69 Å². The number of aromatic nitrogens is 4. The molecule has 0 aliphatic rings. The number of aryl methyl sites for hydroxylation is 2. The summed E-state index contributed by atoms with van der Waals surface area (Å²) in [5, 5.41) is 3.65. The second kappa shape index (κ2) is 9.54. The number of benzene rings is 2. The molecule has 0 aliphatic heterocycles. The van der Waals surface area contributed by atoms with E-state index in [-0.39, 0.29) is 17.9 Å². The van der Waals surface area contributed by atoms with Crippen LogP contribution in [0.1, 0.15) is 23.2 Å². The number of hydrogen-bond donors (Lipinski definition) is 1. The number of para-hydroxylation sites is 1. The Balaban J connectivity index is 1.44. The van der Waals surface area contributed by atoms with Gasteiger partial charge in [0.1, 0.15) is 5.69 Å². The van der Waals surface area contributed by atoms with Gasteiger partial charge in [-0.15, -0.1) is 0 Å². The van der Waals surface area contributed by atoms with Crippen molar-refractivity contribution in [2.24, 2.45) is 7.05 Å². The Labute approximate surface area is 197 Å². The van der Waals surface area contributed by atoms with Crippen LogP contribution in [0.25, 0.3) is 11.4 Å². The van der Waals surface area contributed by atoms with E-state index in [4.69, 9.17) is 0 Å². The summed E-state index contributed by atoms with van der Waals surface area (Å²) in [7, 11) is 1.81. The number of amides is 1. The molecule has 0 radical (unpaired) electrons. The molecule has 0 atom stereocenters. The first-order valence-electron chi connectivity index (χ1n) is 10.7. The van der Waals surface area contributed by atoms with Gasteiger partial charge >= 0.3 is 0 Å². The van der Waals surface area contributed by atoms with Gasteiger partial charge in [-0.2, -0.15) is 0 Å². The highest BCUT2D eigenvalue weighted by Gasteiger charge is 2.18. The Morgan fingerprint density at radius 1 is 1.09 bits per heavy atom. The average Bonchev–Trinajstić information content (AvgIpc) is 3.34. The van der Waals surface area contributed by atoms with Gasteiger partial charge in [-0.05, 0) is 50.1 Å². The van der Waals surface area contributed by atoms with Gasteiger partial charge in [-0.25, -0.2) is 9.67 Å². The van der Waals surface area contributed by atoms with Crippen LogP contribution in [0.3, 0.4) is 0 Å². The summed E-state index contributed by atoms with van der Waals surface area (Å²) in [5.41, 5.74) is 4.95. The quantitative estimate of drug-likeness (QED) is 0.414. The van der Waals surface area contributed by atoms with E-state index in [1.165, 1.54) is 17.3 Å². The standard InChI is InChI=1S/C25H27N5O2S/c1-17-10-11-18(2)21(16-17)29-14-13-26-25(29)33-15-12-22(31)27-23-19(3)28(4)30(24(23)32)20-8-6-5-7-9-20/h5-11,13-14,16H,12,15H2,1-4H3,(H,27,31). The number of nitrogens with zero attached hydrogens (tertiary/aromatic N) is 4. The fraction of sp³-hybridized carbons (Fsp3) is 0.240. The van der Waals surface area contributed by atoms with Crippen molar-refractivity contribution in [3.63, 3.8) is 0 Å². The largest absolute Gasteiger partial charge is 0.320 e. The number of rotatable bonds is 7. The third-order valence-corrected chi connectivity index (χ3v) is 6.58. The lowest BCUT2D eigenvalue weighted by atomic mass is 10.1. The minimum atomic E-state index is -0.243. The maximum Gasteiger partial charge on any atom is 0.295 e. The summed E-state index contributed by atoms with van der Waals surface area (Å²) in [6.45, 7) is 5.96. The number of nitrogens with one attached hydrogen (secondary N) is 1. The van der Waals surface area contributed by atoms with Gasteiger partial charge in [0.15, 0.2) is 5.16 Å². The number of hydrogen-bond acceptors (Lipinski definition) is 4. The van der Waals surface area contributed by atoms with Crippen LogP contribution in [0.2, 0.25) is 0 Å². The van der Waals surface area contributed by atoms with E-state index >= 15 is 0 Å². The fourth-order valence-corrected chi connectivity index (χ4v) is 4.61. The summed E-state index contributed by atoms with van der Waals surface area (Å²) in [6.07, 6.45) is 3.97. The van der Waals surface area contributed by atoms with Crippen LogP contribution in [0.5, 0.6) is 0 Å². The molecule has 4 aromatic rings. The van der Waals surface area contributed by atoms with Crippen molar-refractivity contribution in [3.05, 3.63) is 88.1 Å². The summed E-state index contributed by atoms with van der Waals surface area (Å²) in [4.78, 5) is 30.1. The van der Waals surface area contributed by atoms with Crippen molar-refractivity contribution in [2.75, 3.05) is 11.1 Å². The lowest BCUT2D eigenvalue weighted by molar-refractivity contribution is -0.115. The number of anilines is 1. The molecule has 0 unspecified atom stereocenters. The zero-order valence-electron chi connectivity index (χ0n) is 19.2. The summed E-state index contributed by atoms with van der Waals surface area (Å²) < 4.78 is 5.36. The monoisotopic (exact) mass is 461 g/mol. The van der Waals surface area contributed by atoms with E-state index < -0.39 is 0 Å². The summed E-state index contributed by atoms with van der Waals surface area (Å²) in [5.74, 6) is 0.352. The molecule has 0 bridgehead atoms. The third kappa shape index (κ3) is 4.66. The third-order valence-electron chi connectivity index (χ3n) is 5.61. The van der Waals surface area contributed by atoms with Crippen molar-refractivity contribution in [2.45, 2.75) is 32.3 Å². The van der Waals surface area contributed by atoms with Crippen LogP contribution >= 0.6 is 11.8 Å². The van der Waals surface area contributed by atoms with Crippen LogP contribution in [0.15, 0.2) is 70.9 Å². The van der Waals surface area contributed by atoms with E-state index in [9.17, 15) is 9.59 Å². The lowest BCUT2D eigenvalue weighted by Gasteiger charge is -2.11. The normalized spacial score (nSPS) is 11.0. The van der Waals surface area contributed by atoms with Gasteiger partial charge in [0, 0.05) is 31.6 Å². The molecule has 2 aromatic heterocycles.